The third-order valence-corrected chi connectivity index (χ3v) is 7.15. The number of sulfonamides is 1. The van der Waals surface area contributed by atoms with Gasteiger partial charge < -0.3 is 5.73 Å². The van der Waals surface area contributed by atoms with Gasteiger partial charge in [0.2, 0.25) is 10.0 Å². The highest BCUT2D eigenvalue weighted by Crippen LogP contribution is 2.37. The van der Waals surface area contributed by atoms with Gasteiger partial charge in [0.1, 0.15) is 0 Å². The summed E-state index contributed by atoms with van der Waals surface area (Å²) in [5.41, 5.74) is 7.36. The van der Waals surface area contributed by atoms with Crippen molar-refractivity contribution in [1.82, 2.24) is 4.31 Å². The maximum absolute atomic E-state index is 12.9. The maximum atomic E-state index is 12.9. The van der Waals surface area contributed by atoms with Crippen LogP contribution in [0.4, 0.5) is 0 Å². The predicted octanol–water partition coefficient (Wildman–Crippen LogP) is 2.56. The molecule has 1 aliphatic carbocycles. The van der Waals surface area contributed by atoms with Gasteiger partial charge in [0.05, 0.1) is 4.90 Å². The maximum Gasteiger partial charge on any atom is 0.243 e. The topological polar surface area (TPSA) is 63.4 Å². The lowest BCUT2D eigenvalue weighted by atomic mass is 9.78. The van der Waals surface area contributed by atoms with Crippen LogP contribution in [0.15, 0.2) is 29.2 Å². The lowest BCUT2D eigenvalue weighted by molar-refractivity contribution is 0.260. The summed E-state index contributed by atoms with van der Waals surface area (Å²) in [5.74, 6) is 1.18. The van der Waals surface area contributed by atoms with Crippen LogP contribution in [0.2, 0.25) is 0 Å². The van der Waals surface area contributed by atoms with Crippen molar-refractivity contribution < 1.29 is 8.42 Å². The number of fused-ring (bicyclic) bond motifs is 1. The lowest BCUT2D eigenvalue weighted by Gasteiger charge is -2.29. The average Bonchev–Trinajstić information content (AvgIpc) is 2.94. The molecule has 1 aromatic carbocycles. The average molecular weight is 322 g/mol. The highest BCUT2D eigenvalue weighted by Gasteiger charge is 2.43. The van der Waals surface area contributed by atoms with Gasteiger partial charge in [-0.3, -0.25) is 0 Å². The van der Waals surface area contributed by atoms with Crippen LogP contribution in [0, 0.1) is 11.8 Å². The molecule has 1 aliphatic heterocycles. The van der Waals surface area contributed by atoms with E-state index in [0.29, 0.717) is 35.7 Å². The van der Waals surface area contributed by atoms with Crippen molar-refractivity contribution in [3.63, 3.8) is 0 Å². The van der Waals surface area contributed by atoms with E-state index < -0.39 is 10.0 Å². The largest absolute Gasteiger partial charge is 0.327 e. The van der Waals surface area contributed by atoms with Crippen molar-refractivity contribution in [2.75, 3.05) is 13.1 Å². The van der Waals surface area contributed by atoms with Crippen molar-refractivity contribution in [1.29, 1.82) is 0 Å². The molecule has 2 N–H and O–H groups in total. The van der Waals surface area contributed by atoms with E-state index in [4.69, 9.17) is 5.73 Å². The summed E-state index contributed by atoms with van der Waals surface area (Å²) < 4.78 is 27.4. The number of hydrogen-bond acceptors (Lipinski definition) is 3. The fourth-order valence-corrected chi connectivity index (χ4v) is 5.38. The van der Waals surface area contributed by atoms with Gasteiger partial charge in [-0.15, -0.1) is 0 Å². The van der Waals surface area contributed by atoms with Crippen LogP contribution < -0.4 is 5.73 Å². The van der Waals surface area contributed by atoms with Crippen LogP contribution in [0.3, 0.4) is 0 Å². The summed E-state index contributed by atoms with van der Waals surface area (Å²) in [6, 6.07) is 7.49. The zero-order valence-electron chi connectivity index (χ0n) is 13.4. The minimum Gasteiger partial charge on any atom is -0.327 e. The monoisotopic (exact) mass is 322 g/mol. The van der Waals surface area contributed by atoms with E-state index in [2.05, 4.69) is 13.8 Å². The van der Waals surface area contributed by atoms with Gasteiger partial charge in [0.25, 0.3) is 0 Å². The molecule has 3 rings (SSSR count). The number of hydrogen-bond donors (Lipinski definition) is 1. The van der Waals surface area contributed by atoms with Crippen molar-refractivity contribution in [2.45, 2.75) is 50.0 Å². The standard InChI is InChI=1S/C17H26N2O2S/c1-12(2)13-6-8-15(9-7-13)22(20,21)19-10-14-4-3-5-17(18)16(14)11-19/h6-9,12,14,16-17H,3-5,10-11,18H2,1-2H3. The van der Waals surface area contributed by atoms with Crippen molar-refractivity contribution in [3.8, 4) is 0 Å². The van der Waals surface area contributed by atoms with Crippen LogP contribution >= 0.6 is 0 Å². The van der Waals surface area contributed by atoms with Crippen molar-refractivity contribution >= 4 is 10.0 Å². The van der Waals surface area contributed by atoms with E-state index in [9.17, 15) is 8.42 Å². The third kappa shape index (κ3) is 2.82. The fraction of sp³-hybridized carbons (Fsp3) is 0.647. The number of rotatable bonds is 3. The summed E-state index contributed by atoms with van der Waals surface area (Å²) in [4.78, 5) is 0.407. The molecule has 0 amide bonds. The van der Waals surface area contributed by atoms with Crippen LogP contribution in [-0.2, 0) is 10.0 Å². The Labute approximate surface area is 133 Å². The SMILES string of the molecule is CC(C)c1ccc(S(=O)(=O)N2CC3CCCC(N)C3C2)cc1. The van der Waals surface area contributed by atoms with Gasteiger partial charge in [0.15, 0.2) is 0 Å². The second-order valence-corrected chi connectivity index (χ2v) is 9.00. The minimum absolute atomic E-state index is 0.155. The first-order valence-electron chi connectivity index (χ1n) is 8.25. The first-order valence-corrected chi connectivity index (χ1v) is 9.69. The Morgan fingerprint density at radius 3 is 2.41 bits per heavy atom. The van der Waals surface area contributed by atoms with Crippen LogP contribution in [0.1, 0.15) is 44.6 Å². The number of nitrogens with two attached hydrogens (primary N) is 1. The van der Waals surface area contributed by atoms with E-state index >= 15 is 0 Å². The summed E-state index contributed by atoms with van der Waals surface area (Å²) in [5, 5.41) is 0. The van der Waals surface area contributed by atoms with Gasteiger partial charge in [-0.2, -0.15) is 4.31 Å². The molecule has 1 heterocycles. The Kier molecular flexibility index (Phi) is 4.32. The molecule has 0 spiro atoms. The zero-order valence-corrected chi connectivity index (χ0v) is 14.2. The smallest absolute Gasteiger partial charge is 0.243 e. The molecule has 0 bridgehead atoms. The van der Waals surface area contributed by atoms with Gasteiger partial charge in [-0.1, -0.05) is 32.4 Å². The lowest BCUT2D eigenvalue weighted by Crippen LogP contribution is -2.38. The molecule has 0 radical (unpaired) electrons. The normalized spacial score (nSPS) is 29.7. The Morgan fingerprint density at radius 2 is 1.82 bits per heavy atom. The van der Waals surface area contributed by atoms with E-state index in [0.717, 1.165) is 24.8 Å². The van der Waals surface area contributed by atoms with Crippen molar-refractivity contribution in [2.24, 2.45) is 17.6 Å². The Bertz CT molecular complexity index is 625. The van der Waals surface area contributed by atoms with Gasteiger partial charge in [0, 0.05) is 19.1 Å². The Morgan fingerprint density at radius 1 is 1.14 bits per heavy atom. The quantitative estimate of drug-likeness (QED) is 0.930. The van der Waals surface area contributed by atoms with Crippen LogP contribution in [0.25, 0.3) is 0 Å². The Balaban J connectivity index is 1.81. The molecule has 4 nitrogen and oxygen atoms in total. The van der Waals surface area contributed by atoms with Gasteiger partial charge in [-0.25, -0.2) is 8.42 Å². The fourth-order valence-electron chi connectivity index (χ4n) is 3.85. The molecule has 122 valence electrons. The molecule has 2 aliphatic rings. The van der Waals surface area contributed by atoms with Crippen LogP contribution in [-0.4, -0.2) is 31.9 Å². The van der Waals surface area contributed by atoms with Crippen LogP contribution in [0.5, 0.6) is 0 Å². The molecule has 3 unspecified atom stereocenters. The molecule has 1 aromatic rings. The molecule has 3 atom stereocenters. The summed E-state index contributed by atoms with van der Waals surface area (Å²) >= 11 is 0. The van der Waals surface area contributed by atoms with Gasteiger partial charge >= 0.3 is 0 Å². The number of benzene rings is 1. The first-order chi connectivity index (χ1) is 10.4. The second kappa shape index (κ2) is 5.95. The predicted molar refractivity (Wildman–Crippen MR) is 88.1 cm³/mol. The van der Waals surface area contributed by atoms with E-state index in [1.807, 2.05) is 12.1 Å². The van der Waals surface area contributed by atoms with Crippen molar-refractivity contribution in [3.05, 3.63) is 29.8 Å². The highest BCUT2D eigenvalue weighted by atomic mass is 32.2. The summed E-state index contributed by atoms with van der Waals surface area (Å²) in [7, 11) is -3.39. The third-order valence-electron chi connectivity index (χ3n) is 5.30. The Hall–Kier alpha value is -0.910. The summed E-state index contributed by atoms with van der Waals surface area (Å²) in [6.45, 7) is 5.43. The van der Waals surface area contributed by atoms with Gasteiger partial charge in [-0.05, 0) is 48.3 Å². The molecule has 1 saturated heterocycles. The highest BCUT2D eigenvalue weighted by molar-refractivity contribution is 7.89. The molecule has 22 heavy (non-hydrogen) atoms. The van der Waals surface area contributed by atoms with E-state index in [1.54, 1.807) is 16.4 Å². The molecule has 5 heteroatoms. The molecule has 1 saturated carbocycles. The minimum atomic E-state index is -3.39. The first kappa shape index (κ1) is 16.0. The number of nitrogens with zero attached hydrogens (tertiary/aromatic N) is 1. The molecular formula is C17H26N2O2S. The zero-order chi connectivity index (χ0) is 15.9. The summed E-state index contributed by atoms with van der Waals surface area (Å²) in [6.07, 6.45) is 3.26. The molecular weight excluding hydrogens is 296 g/mol. The second-order valence-electron chi connectivity index (χ2n) is 7.06. The molecule has 2 fully saturated rings. The molecule has 0 aromatic heterocycles. The van der Waals surface area contributed by atoms with E-state index in [-0.39, 0.29) is 6.04 Å². The van der Waals surface area contributed by atoms with E-state index in [1.165, 1.54) is 0 Å².